The zero-order chi connectivity index (χ0) is 10.5. The first kappa shape index (κ1) is 8.60. The second kappa shape index (κ2) is 2.66. The maximum absolute atomic E-state index is 13.1. The highest BCUT2D eigenvalue weighted by Crippen LogP contribution is 2.58. The van der Waals surface area contributed by atoms with Crippen molar-refractivity contribution in [3.63, 3.8) is 0 Å². The number of hydrogen-bond acceptors (Lipinski definition) is 2. The Bertz CT molecular complexity index is 501. The van der Waals surface area contributed by atoms with Crippen LogP contribution in [0.15, 0.2) is 29.3 Å². The van der Waals surface area contributed by atoms with Crippen molar-refractivity contribution < 1.29 is 4.39 Å². The molecule has 1 fully saturated rings. The average molecular weight is 200 g/mol. The molecule has 0 bridgehead atoms. The van der Waals surface area contributed by atoms with Crippen molar-refractivity contribution >= 4 is 5.71 Å². The molecular formula is C12H9FN2. The molecule has 0 aromatic heterocycles. The summed E-state index contributed by atoms with van der Waals surface area (Å²) in [4.78, 5) is 4.35. The molecule has 15 heavy (non-hydrogen) atoms. The van der Waals surface area contributed by atoms with Crippen molar-refractivity contribution in [2.24, 2.45) is 16.3 Å². The Morgan fingerprint density at radius 3 is 3.07 bits per heavy atom. The van der Waals surface area contributed by atoms with Crippen LogP contribution in [0.2, 0.25) is 0 Å². The Morgan fingerprint density at radius 1 is 1.53 bits per heavy atom. The lowest BCUT2D eigenvalue weighted by Crippen LogP contribution is -2.14. The summed E-state index contributed by atoms with van der Waals surface area (Å²) in [6.45, 7) is 0.722. The molecule has 1 aromatic carbocycles. The van der Waals surface area contributed by atoms with Gasteiger partial charge in [-0.3, -0.25) is 4.99 Å². The Balaban J connectivity index is 2.06. The van der Waals surface area contributed by atoms with Crippen LogP contribution < -0.4 is 0 Å². The minimum atomic E-state index is -0.395. The number of halogens is 1. The number of nitriles is 1. The first-order valence-electron chi connectivity index (χ1n) is 4.98. The summed E-state index contributed by atoms with van der Waals surface area (Å²) in [7, 11) is 0. The summed E-state index contributed by atoms with van der Waals surface area (Å²) in [6, 6.07) is 8.67. The van der Waals surface area contributed by atoms with Gasteiger partial charge in [-0.25, -0.2) is 4.39 Å². The molecule has 1 aromatic rings. The highest BCUT2D eigenvalue weighted by molar-refractivity contribution is 6.10. The monoisotopic (exact) mass is 200 g/mol. The fourth-order valence-corrected chi connectivity index (χ4v) is 2.36. The van der Waals surface area contributed by atoms with Gasteiger partial charge in [0.2, 0.25) is 0 Å². The lowest BCUT2D eigenvalue weighted by Gasteiger charge is -2.07. The third-order valence-corrected chi connectivity index (χ3v) is 3.30. The lowest BCUT2D eigenvalue weighted by molar-refractivity contribution is 0.627. The molecule has 0 saturated heterocycles. The van der Waals surface area contributed by atoms with Crippen LogP contribution in [0.5, 0.6) is 0 Å². The van der Waals surface area contributed by atoms with E-state index in [-0.39, 0.29) is 5.82 Å². The maximum Gasteiger partial charge on any atom is 0.123 e. The van der Waals surface area contributed by atoms with Crippen LogP contribution in [0.3, 0.4) is 0 Å². The van der Waals surface area contributed by atoms with E-state index in [1.165, 1.54) is 12.1 Å². The van der Waals surface area contributed by atoms with Gasteiger partial charge < -0.3 is 0 Å². The molecule has 2 atom stereocenters. The normalized spacial score (nSPS) is 31.7. The average Bonchev–Trinajstić information content (AvgIpc) is 2.85. The third-order valence-electron chi connectivity index (χ3n) is 3.30. The van der Waals surface area contributed by atoms with Crippen molar-refractivity contribution in [2.45, 2.75) is 6.42 Å². The SMILES string of the molecule is N#C[C@@]12C[C@@H]1CN=C2c1cccc(F)c1. The van der Waals surface area contributed by atoms with Crippen molar-refractivity contribution in [3.05, 3.63) is 35.6 Å². The molecule has 1 heterocycles. The summed E-state index contributed by atoms with van der Waals surface area (Å²) in [5.41, 5.74) is 1.15. The van der Waals surface area contributed by atoms with E-state index in [1.807, 2.05) is 6.07 Å². The van der Waals surface area contributed by atoms with Crippen molar-refractivity contribution in [2.75, 3.05) is 6.54 Å². The minimum absolute atomic E-state index is 0.271. The number of aliphatic imine (C=N–C) groups is 1. The first-order valence-corrected chi connectivity index (χ1v) is 4.98. The van der Waals surface area contributed by atoms with Gasteiger partial charge in [-0.05, 0) is 18.6 Å². The molecule has 74 valence electrons. The fraction of sp³-hybridized carbons (Fsp3) is 0.333. The lowest BCUT2D eigenvalue weighted by atomic mass is 9.94. The van der Waals surface area contributed by atoms with Gasteiger partial charge in [0.1, 0.15) is 11.2 Å². The van der Waals surface area contributed by atoms with E-state index in [2.05, 4.69) is 11.1 Å². The van der Waals surface area contributed by atoms with Gasteiger partial charge >= 0.3 is 0 Å². The quantitative estimate of drug-likeness (QED) is 0.684. The van der Waals surface area contributed by atoms with Gasteiger partial charge in [0, 0.05) is 18.0 Å². The van der Waals surface area contributed by atoms with Crippen LogP contribution in [0.4, 0.5) is 4.39 Å². The molecule has 0 N–H and O–H groups in total. The predicted octanol–water partition coefficient (Wildman–Crippen LogP) is 2.16. The predicted molar refractivity (Wildman–Crippen MR) is 54.0 cm³/mol. The van der Waals surface area contributed by atoms with Crippen LogP contribution in [0.1, 0.15) is 12.0 Å². The number of nitrogens with zero attached hydrogens (tertiary/aromatic N) is 2. The second-order valence-electron chi connectivity index (χ2n) is 4.18. The summed E-state index contributed by atoms with van der Waals surface area (Å²) in [6.07, 6.45) is 0.888. The molecule has 0 spiro atoms. The Kier molecular flexibility index (Phi) is 1.53. The Labute approximate surface area is 87.1 Å². The molecule has 2 aliphatic rings. The Morgan fingerprint density at radius 2 is 2.40 bits per heavy atom. The topological polar surface area (TPSA) is 36.1 Å². The number of hydrogen-bond donors (Lipinski definition) is 0. The molecule has 3 rings (SSSR count). The molecule has 2 nitrogen and oxygen atoms in total. The van der Waals surface area contributed by atoms with E-state index in [0.717, 1.165) is 24.2 Å². The van der Waals surface area contributed by atoms with Crippen LogP contribution in [0, 0.1) is 28.5 Å². The zero-order valence-electron chi connectivity index (χ0n) is 8.07. The molecular weight excluding hydrogens is 191 g/mol. The van der Waals surface area contributed by atoms with Crippen molar-refractivity contribution in [1.82, 2.24) is 0 Å². The molecule has 3 heteroatoms. The fourth-order valence-electron chi connectivity index (χ4n) is 2.36. The van der Waals surface area contributed by atoms with E-state index >= 15 is 0 Å². The second-order valence-corrected chi connectivity index (χ2v) is 4.18. The van der Waals surface area contributed by atoms with E-state index in [1.54, 1.807) is 6.07 Å². The van der Waals surface area contributed by atoms with Crippen LogP contribution in [-0.2, 0) is 0 Å². The molecule has 0 amide bonds. The van der Waals surface area contributed by atoms with Crippen LogP contribution in [0.25, 0.3) is 0 Å². The van der Waals surface area contributed by atoms with E-state index < -0.39 is 5.41 Å². The van der Waals surface area contributed by atoms with Crippen molar-refractivity contribution in [1.29, 1.82) is 5.26 Å². The highest BCUT2D eigenvalue weighted by Gasteiger charge is 2.61. The molecule has 0 unspecified atom stereocenters. The van der Waals surface area contributed by atoms with Crippen LogP contribution >= 0.6 is 0 Å². The van der Waals surface area contributed by atoms with Crippen LogP contribution in [-0.4, -0.2) is 12.3 Å². The third kappa shape index (κ3) is 1.05. The van der Waals surface area contributed by atoms with Gasteiger partial charge in [0.15, 0.2) is 0 Å². The summed E-state index contributed by atoms with van der Waals surface area (Å²) in [5, 5.41) is 9.14. The van der Waals surface area contributed by atoms with E-state index in [4.69, 9.17) is 5.26 Å². The van der Waals surface area contributed by atoms with Gasteiger partial charge in [-0.1, -0.05) is 12.1 Å². The van der Waals surface area contributed by atoms with Crippen molar-refractivity contribution in [3.8, 4) is 6.07 Å². The summed E-state index contributed by atoms with van der Waals surface area (Å²) < 4.78 is 13.1. The maximum atomic E-state index is 13.1. The highest BCUT2D eigenvalue weighted by atomic mass is 19.1. The van der Waals surface area contributed by atoms with Gasteiger partial charge in [-0.2, -0.15) is 5.26 Å². The first-order chi connectivity index (χ1) is 7.26. The summed E-state index contributed by atoms with van der Waals surface area (Å²) in [5.74, 6) is 0.105. The van der Waals surface area contributed by atoms with Gasteiger partial charge in [0.05, 0.1) is 11.8 Å². The zero-order valence-corrected chi connectivity index (χ0v) is 8.07. The molecule has 1 aliphatic heterocycles. The standard InChI is InChI=1S/C12H9FN2/c13-10-3-1-2-8(4-10)11-12(7-14)5-9(12)6-15-11/h1-4,9H,5-6H2/t9-,12+/m1/s1. The molecule has 1 saturated carbocycles. The largest absolute Gasteiger partial charge is 0.287 e. The Hall–Kier alpha value is -1.69. The van der Waals surface area contributed by atoms with E-state index in [0.29, 0.717) is 5.92 Å². The molecule has 1 aliphatic carbocycles. The number of fused-ring (bicyclic) bond motifs is 1. The summed E-state index contributed by atoms with van der Waals surface area (Å²) >= 11 is 0. The van der Waals surface area contributed by atoms with Gasteiger partial charge in [-0.15, -0.1) is 0 Å². The molecule has 0 radical (unpaired) electrons. The van der Waals surface area contributed by atoms with Gasteiger partial charge in [0.25, 0.3) is 0 Å². The minimum Gasteiger partial charge on any atom is -0.287 e. The smallest absolute Gasteiger partial charge is 0.123 e. The number of rotatable bonds is 1. The number of benzene rings is 1. The van der Waals surface area contributed by atoms with E-state index in [9.17, 15) is 4.39 Å².